The molecule has 1 heterocycles. The Hall–Kier alpha value is -0.595. The molecule has 128 valence electrons. The molecule has 0 atom stereocenters. The minimum atomic E-state index is -3.23. The molecule has 8 heteroatoms. The summed E-state index contributed by atoms with van der Waals surface area (Å²) in [5.74, 6) is 0.0483. The van der Waals surface area contributed by atoms with E-state index in [1.54, 1.807) is 13.0 Å². The van der Waals surface area contributed by atoms with Crippen LogP contribution in [0.15, 0.2) is 18.2 Å². The molecule has 0 amide bonds. The van der Waals surface area contributed by atoms with E-state index in [1.807, 2.05) is 39.8 Å². The Morgan fingerprint density at radius 1 is 1.17 bits per heavy atom. The molecule has 2 rings (SSSR count). The summed E-state index contributed by atoms with van der Waals surface area (Å²) < 4.78 is 37.5. The second kappa shape index (κ2) is 6.37. The summed E-state index contributed by atoms with van der Waals surface area (Å²) in [6.45, 7) is 9.73. The molecular weight excluding hydrogens is 337 g/mol. The van der Waals surface area contributed by atoms with Gasteiger partial charge in [-0.2, -0.15) is 0 Å². The first-order valence-corrected chi connectivity index (χ1v) is 9.62. The fraction of sp³-hybridized carbons (Fsp3) is 0.600. The van der Waals surface area contributed by atoms with Crippen LogP contribution in [0.2, 0.25) is 5.02 Å². The van der Waals surface area contributed by atoms with Crippen molar-refractivity contribution in [3.05, 3.63) is 28.8 Å². The zero-order valence-corrected chi connectivity index (χ0v) is 15.7. The Bertz CT molecular complexity index is 675. The maximum atomic E-state index is 11.5. The molecule has 1 aromatic rings. The van der Waals surface area contributed by atoms with Gasteiger partial charge in [-0.3, -0.25) is 0 Å². The predicted octanol–water partition coefficient (Wildman–Crippen LogP) is 2.08. The van der Waals surface area contributed by atoms with Crippen molar-refractivity contribution in [1.29, 1.82) is 0 Å². The lowest BCUT2D eigenvalue weighted by molar-refractivity contribution is 0.00578. The van der Waals surface area contributed by atoms with Crippen LogP contribution in [-0.4, -0.2) is 32.5 Å². The summed E-state index contributed by atoms with van der Waals surface area (Å²) in [5.41, 5.74) is 0.659. The van der Waals surface area contributed by atoms with Gasteiger partial charge in [0, 0.05) is 17.0 Å². The second-order valence-corrected chi connectivity index (χ2v) is 9.17. The highest BCUT2D eigenvalue weighted by atomic mass is 35.5. The minimum absolute atomic E-state index is 0.0483. The van der Waals surface area contributed by atoms with E-state index in [2.05, 4.69) is 4.72 Å². The van der Waals surface area contributed by atoms with Crippen LogP contribution >= 0.6 is 11.6 Å². The maximum absolute atomic E-state index is 11.5. The van der Waals surface area contributed by atoms with Crippen molar-refractivity contribution in [2.45, 2.75) is 52.4 Å². The number of sulfonamides is 1. The number of hydrogen-bond acceptors (Lipinski definition) is 4. The fourth-order valence-electron chi connectivity index (χ4n) is 2.14. The van der Waals surface area contributed by atoms with E-state index in [0.717, 1.165) is 11.0 Å². The molecule has 1 aliphatic rings. The van der Waals surface area contributed by atoms with Crippen molar-refractivity contribution in [1.82, 2.24) is 4.72 Å². The molecule has 0 spiro atoms. The molecule has 1 saturated heterocycles. The highest BCUT2D eigenvalue weighted by molar-refractivity contribution is 7.89. The summed E-state index contributed by atoms with van der Waals surface area (Å²) in [6.07, 6.45) is 0. The third kappa shape index (κ3) is 4.09. The Kier molecular flexibility index (Phi) is 5.19. The Morgan fingerprint density at radius 3 is 2.22 bits per heavy atom. The number of hydrogen-bond donors (Lipinski definition) is 1. The van der Waals surface area contributed by atoms with Crippen molar-refractivity contribution < 1.29 is 17.7 Å². The first-order valence-electron chi connectivity index (χ1n) is 7.59. The highest BCUT2D eigenvalue weighted by Gasteiger charge is 2.52. The number of rotatable bonds is 5. The van der Waals surface area contributed by atoms with Gasteiger partial charge in [-0.05, 0) is 46.2 Å². The summed E-state index contributed by atoms with van der Waals surface area (Å²) in [5, 5.41) is 0.497. The average molecular weight is 360 g/mol. The topological polar surface area (TPSA) is 64.6 Å². The summed E-state index contributed by atoms with van der Waals surface area (Å²) in [6, 6.07) is 5.38. The van der Waals surface area contributed by atoms with Gasteiger partial charge in [-0.1, -0.05) is 23.7 Å². The van der Waals surface area contributed by atoms with Gasteiger partial charge in [0.25, 0.3) is 0 Å². The van der Waals surface area contributed by atoms with Gasteiger partial charge in [0.2, 0.25) is 10.0 Å². The third-order valence-corrected chi connectivity index (χ3v) is 6.12. The summed E-state index contributed by atoms with van der Waals surface area (Å²) in [7, 11) is -3.76. The van der Waals surface area contributed by atoms with Crippen LogP contribution in [-0.2, 0) is 25.9 Å². The lowest BCUT2D eigenvalue weighted by Crippen LogP contribution is -2.41. The molecule has 5 nitrogen and oxygen atoms in total. The van der Waals surface area contributed by atoms with E-state index in [9.17, 15) is 8.42 Å². The normalized spacial score (nSPS) is 20.0. The SMILES string of the molecule is CCS(=O)(=O)NCc1ccc(B2OC(C)(C)C(C)(C)O2)c(Cl)c1. The number of nitrogens with one attached hydrogen (secondary N) is 1. The molecule has 0 radical (unpaired) electrons. The van der Waals surface area contributed by atoms with Crippen molar-refractivity contribution in [3.63, 3.8) is 0 Å². The Labute approximate surface area is 143 Å². The highest BCUT2D eigenvalue weighted by Crippen LogP contribution is 2.37. The van der Waals surface area contributed by atoms with E-state index in [1.165, 1.54) is 0 Å². The lowest BCUT2D eigenvalue weighted by atomic mass is 9.78. The van der Waals surface area contributed by atoms with E-state index in [-0.39, 0.29) is 12.3 Å². The van der Waals surface area contributed by atoms with Crippen molar-refractivity contribution >= 4 is 34.2 Å². The van der Waals surface area contributed by atoms with Crippen LogP contribution in [0.1, 0.15) is 40.2 Å². The first-order chi connectivity index (χ1) is 10.5. The molecule has 0 unspecified atom stereocenters. The molecule has 23 heavy (non-hydrogen) atoms. The standard InChI is InChI=1S/C15H23BClNO4S/c1-6-23(19,20)18-10-11-7-8-12(13(17)9-11)16-21-14(2,3)15(4,5)22-16/h7-9,18H,6,10H2,1-5H3. The van der Waals surface area contributed by atoms with Crippen molar-refractivity contribution in [2.75, 3.05) is 5.75 Å². The molecule has 0 saturated carbocycles. The van der Waals surface area contributed by atoms with Gasteiger partial charge in [-0.25, -0.2) is 13.1 Å². The minimum Gasteiger partial charge on any atom is -0.399 e. The van der Waals surface area contributed by atoms with Crippen LogP contribution in [0.5, 0.6) is 0 Å². The van der Waals surface area contributed by atoms with Gasteiger partial charge >= 0.3 is 7.12 Å². The van der Waals surface area contributed by atoms with Crippen LogP contribution in [0, 0.1) is 0 Å². The maximum Gasteiger partial charge on any atom is 0.496 e. The average Bonchev–Trinajstić information content (AvgIpc) is 2.65. The zero-order chi connectivity index (χ0) is 17.5. The van der Waals surface area contributed by atoms with Crippen molar-refractivity contribution in [2.24, 2.45) is 0 Å². The second-order valence-electron chi connectivity index (χ2n) is 6.67. The van der Waals surface area contributed by atoms with Crippen LogP contribution in [0.25, 0.3) is 0 Å². The van der Waals surface area contributed by atoms with Gasteiger partial charge in [0.1, 0.15) is 0 Å². The third-order valence-electron chi connectivity index (χ3n) is 4.45. The summed E-state index contributed by atoms with van der Waals surface area (Å²) in [4.78, 5) is 0. The van der Waals surface area contributed by atoms with Gasteiger partial charge in [0.05, 0.1) is 17.0 Å². The van der Waals surface area contributed by atoms with E-state index in [0.29, 0.717) is 5.02 Å². The summed E-state index contributed by atoms with van der Waals surface area (Å²) >= 11 is 6.34. The lowest BCUT2D eigenvalue weighted by Gasteiger charge is -2.32. The van der Waals surface area contributed by atoms with Crippen LogP contribution < -0.4 is 10.2 Å². The Morgan fingerprint density at radius 2 is 1.74 bits per heavy atom. The largest absolute Gasteiger partial charge is 0.496 e. The predicted molar refractivity (Wildman–Crippen MR) is 93.5 cm³/mol. The van der Waals surface area contributed by atoms with Crippen molar-refractivity contribution in [3.8, 4) is 0 Å². The smallest absolute Gasteiger partial charge is 0.399 e. The monoisotopic (exact) mass is 359 g/mol. The van der Waals surface area contributed by atoms with Gasteiger partial charge in [-0.15, -0.1) is 0 Å². The molecule has 1 aliphatic heterocycles. The molecular formula is C15H23BClNO4S. The van der Waals surface area contributed by atoms with Crippen LogP contribution in [0.4, 0.5) is 0 Å². The molecule has 1 N–H and O–H groups in total. The molecule has 1 aromatic carbocycles. The quantitative estimate of drug-likeness (QED) is 0.818. The zero-order valence-electron chi connectivity index (χ0n) is 14.1. The molecule has 1 fully saturated rings. The van der Waals surface area contributed by atoms with Gasteiger partial charge in [0.15, 0.2) is 0 Å². The molecule has 0 bridgehead atoms. The number of halogens is 1. The van der Waals surface area contributed by atoms with Gasteiger partial charge < -0.3 is 9.31 Å². The number of benzene rings is 1. The van der Waals surface area contributed by atoms with E-state index >= 15 is 0 Å². The molecule has 0 aromatic heterocycles. The Balaban J connectivity index is 2.15. The van der Waals surface area contributed by atoms with E-state index in [4.69, 9.17) is 20.9 Å². The van der Waals surface area contributed by atoms with Crippen LogP contribution in [0.3, 0.4) is 0 Å². The fourth-order valence-corrected chi connectivity index (χ4v) is 3.02. The first kappa shape index (κ1) is 18.7. The van der Waals surface area contributed by atoms with E-state index < -0.39 is 28.3 Å². The molecule has 0 aliphatic carbocycles.